The number of aromatic amines is 1. The molecule has 1 rings (SSSR count). The molecule has 0 aliphatic heterocycles. The van der Waals surface area contributed by atoms with E-state index in [2.05, 4.69) is 27.2 Å². The number of H-pyrrole nitrogens is 1. The standard InChI is InChI=1S/C2H4N3OPS/c6-7(8)2-1-3-5-4-2/h1,7H,(H,6,8)(H,3,4,5). The molecule has 2 N–H and O–H groups in total. The largest absolute Gasteiger partial charge is 0.362 e. The lowest BCUT2D eigenvalue weighted by atomic mass is 11.0. The Balaban J connectivity index is 2.93. The molecule has 0 aromatic carbocycles. The summed E-state index contributed by atoms with van der Waals surface area (Å²) >= 11 is 4.53. The van der Waals surface area contributed by atoms with Crippen molar-refractivity contribution in [1.29, 1.82) is 0 Å². The molecule has 0 fully saturated rings. The highest BCUT2D eigenvalue weighted by molar-refractivity contribution is 8.05. The van der Waals surface area contributed by atoms with E-state index in [9.17, 15) is 0 Å². The molecule has 1 heterocycles. The van der Waals surface area contributed by atoms with Crippen LogP contribution in [0.1, 0.15) is 0 Å². The molecule has 1 atom stereocenters. The van der Waals surface area contributed by atoms with Crippen molar-refractivity contribution in [3.8, 4) is 0 Å². The molecule has 6 heteroatoms. The predicted molar refractivity (Wildman–Crippen MR) is 33.9 cm³/mol. The highest BCUT2D eigenvalue weighted by Gasteiger charge is 1.94. The maximum Gasteiger partial charge on any atom is 0.137 e. The van der Waals surface area contributed by atoms with Crippen molar-refractivity contribution >= 4 is 24.2 Å². The summed E-state index contributed by atoms with van der Waals surface area (Å²) in [6, 6.07) is 0. The average Bonchev–Trinajstić information content (AvgIpc) is 2.12. The summed E-state index contributed by atoms with van der Waals surface area (Å²) in [5, 5.41) is 9.32. The first kappa shape index (κ1) is 5.88. The number of hydrogen-bond donors (Lipinski definition) is 2. The molecule has 0 amide bonds. The topological polar surface area (TPSA) is 61.8 Å². The molecule has 44 valence electrons. The monoisotopic (exact) mass is 149 g/mol. The minimum atomic E-state index is -1.79. The first-order valence-electron chi connectivity index (χ1n) is 1.90. The van der Waals surface area contributed by atoms with Gasteiger partial charge in [-0.1, -0.05) is 17.0 Å². The van der Waals surface area contributed by atoms with Crippen molar-refractivity contribution in [1.82, 2.24) is 15.4 Å². The zero-order valence-corrected chi connectivity index (χ0v) is 5.64. The fourth-order valence-electron chi connectivity index (χ4n) is 0.306. The van der Waals surface area contributed by atoms with Gasteiger partial charge in [0.15, 0.2) is 0 Å². The first-order chi connectivity index (χ1) is 3.80. The van der Waals surface area contributed by atoms with E-state index in [1.165, 1.54) is 6.20 Å². The van der Waals surface area contributed by atoms with Crippen LogP contribution in [0, 0.1) is 0 Å². The summed E-state index contributed by atoms with van der Waals surface area (Å²) in [4.78, 5) is 8.71. The van der Waals surface area contributed by atoms with Crippen LogP contribution < -0.4 is 5.44 Å². The van der Waals surface area contributed by atoms with Gasteiger partial charge < -0.3 is 4.89 Å². The Bertz CT molecular complexity index is 185. The van der Waals surface area contributed by atoms with Crippen molar-refractivity contribution in [2.45, 2.75) is 0 Å². The number of aromatic nitrogens is 3. The van der Waals surface area contributed by atoms with Crippen LogP contribution in [0.2, 0.25) is 0 Å². The van der Waals surface area contributed by atoms with Gasteiger partial charge in [0.05, 0.1) is 6.20 Å². The van der Waals surface area contributed by atoms with Crippen molar-refractivity contribution in [3.05, 3.63) is 6.20 Å². The van der Waals surface area contributed by atoms with E-state index in [0.717, 1.165) is 0 Å². The molecule has 1 aromatic rings. The van der Waals surface area contributed by atoms with Gasteiger partial charge in [-0.2, -0.15) is 0 Å². The van der Waals surface area contributed by atoms with Crippen molar-refractivity contribution in [3.63, 3.8) is 0 Å². The molecule has 0 spiro atoms. The average molecular weight is 149 g/mol. The third-order valence-electron chi connectivity index (χ3n) is 0.636. The molecule has 8 heavy (non-hydrogen) atoms. The molecule has 0 bridgehead atoms. The molecule has 0 aliphatic carbocycles. The van der Waals surface area contributed by atoms with Gasteiger partial charge in [-0.3, -0.25) is 5.10 Å². The SMILES string of the molecule is O[PH](=S)c1c[nH]nn1. The normalized spacial score (nSPS) is 13.6. The number of nitrogens with zero attached hydrogens (tertiary/aromatic N) is 2. The van der Waals surface area contributed by atoms with Crippen LogP contribution in [-0.4, -0.2) is 20.3 Å². The summed E-state index contributed by atoms with van der Waals surface area (Å²) in [6.45, 7) is -1.79. The van der Waals surface area contributed by atoms with Gasteiger partial charge >= 0.3 is 0 Å². The smallest absolute Gasteiger partial charge is 0.137 e. The highest BCUT2D eigenvalue weighted by Crippen LogP contribution is 2.07. The third kappa shape index (κ3) is 1.12. The van der Waals surface area contributed by atoms with E-state index in [1.807, 2.05) is 0 Å². The number of rotatable bonds is 1. The molecule has 4 nitrogen and oxygen atoms in total. The second kappa shape index (κ2) is 2.35. The minimum absolute atomic E-state index is 0.491. The third-order valence-corrected chi connectivity index (χ3v) is 1.95. The Hall–Kier alpha value is -0.250. The first-order valence-corrected chi connectivity index (χ1v) is 4.48. The fourth-order valence-corrected chi connectivity index (χ4v) is 0.929. The lowest BCUT2D eigenvalue weighted by molar-refractivity contribution is 0.652. The summed E-state index contributed by atoms with van der Waals surface area (Å²) in [5.74, 6) is 0. The van der Waals surface area contributed by atoms with E-state index in [0.29, 0.717) is 5.44 Å². The second-order valence-corrected chi connectivity index (χ2v) is 3.45. The van der Waals surface area contributed by atoms with Crippen LogP contribution in [0.15, 0.2) is 6.20 Å². The number of nitrogens with one attached hydrogen (secondary N) is 1. The van der Waals surface area contributed by atoms with Crippen LogP contribution in [0.3, 0.4) is 0 Å². The Morgan fingerprint density at radius 1 is 1.88 bits per heavy atom. The Kier molecular flexibility index (Phi) is 1.73. The molecule has 0 saturated heterocycles. The van der Waals surface area contributed by atoms with Gasteiger partial charge in [0.2, 0.25) is 0 Å². The van der Waals surface area contributed by atoms with Crippen molar-refractivity contribution in [2.24, 2.45) is 0 Å². The van der Waals surface area contributed by atoms with Gasteiger partial charge in [-0.15, -0.1) is 5.10 Å². The van der Waals surface area contributed by atoms with E-state index in [-0.39, 0.29) is 0 Å². The van der Waals surface area contributed by atoms with Gasteiger partial charge in [0.25, 0.3) is 0 Å². The van der Waals surface area contributed by atoms with Gasteiger partial charge in [-0.25, -0.2) is 0 Å². The van der Waals surface area contributed by atoms with Gasteiger partial charge in [-0.05, 0) is 0 Å². The Morgan fingerprint density at radius 2 is 2.62 bits per heavy atom. The Morgan fingerprint density at radius 3 is 2.88 bits per heavy atom. The Labute approximate surface area is 51.4 Å². The maximum atomic E-state index is 8.71. The zero-order chi connectivity index (χ0) is 5.98. The second-order valence-electron chi connectivity index (χ2n) is 1.16. The zero-order valence-electron chi connectivity index (χ0n) is 3.83. The maximum absolute atomic E-state index is 8.71. The highest BCUT2D eigenvalue weighted by atomic mass is 32.4. The molecule has 0 aliphatic rings. The van der Waals surface area contributed by atoms with Crippen molar-refractivity contribution in [2.75, 3.05) is 0 Å². The van der Waals surface area contributed by atoms with E-state index in [4.69, 9.17) is 4.89 Å². The fraction of sp³-hybridized carbons (Fsp3) is 0. The molecular formula is C2H4N3OPS. The predicted octanol–water partition coefficient (Wildman–Crippen LogP) is -0.987. The summed E-state index contributed by atoms with van der Waals surface area (Å²) in [7, 11) is 0. The van der Waals surface area contributed by atoms with Gasteiger partial charge in [0.1, 0.15) is 12.4 Å². The van der Waals surface area contributed by atoms with Crippen LogP contribution in [-0.2, 0) is 11.8 Å². The quantitative estimate of drug-likeness (QED) is 0.503. The van der Waals surface area contributed by atoms with Crippen molar-refractivity contribution < 1.29 is 4.89 Å². The molecule has 0 radical (unpaired) electrons. The summed E-state index contributed by atoms with van der Waals surface area (Å²) in [6.07, 6.45) is 1.50. The van der Waals surface area contributed by atoms with Crippen LogP contribution in [0.25, 0.3) is 0 Å². The van der Waals surface area contributed by atoms with E-state index in [1.54, 1.807) is 0 Å². The minimum Gasteiger partial charge on any atom is -0.362 e. The van der Waals surface area contributed by atoms with Crippen LogP contribution in [0.4, 0.5) is 0 Å². The summed E-state index contributed by atoms with van der Waals surface area (Å²) < 4.78 is 0. The molecular weight excluding hydrogens is 145 g/mol. The molecule has 1 aromatic heterocycles. The number of hydrogen-bond acceptors (Lipinski definition) is 3. The summed E-state index contributed by atoms with van der Waals surface area (Å²) in [5.41, 5.74) is 0.491. The molecule has 1 unspecified atom stereocenters. The van der Waals surface area contributed by atoms with E-state index >= 15 is 0 Å². The van der Waals surface area contributed by atoms with E-state index < -0.39 is 6.92 Å². The van der Waals surface area contributed by atoms with Crippen LogP contribution >= 0.6 is 6.92 Å². The lowest BCUT2D eigenvalue weighted by Crippen LogP contribution is -1.94. The molecule has 0 saturated carbocycles. The van der Waals surface area contributed by atoms with Crippen LogP contribution in [0.5, 0.6) is 0 Å². The van der Waals surface area contributed by atoms with Gasteiger partial charge in [0, 0.05) is 0 Å². The lowest BCUT2D eigenvalue weighted by Gasteiger charge is -1.81.